The minimum Gasteiger partial charge on any atom is -0.319 e. The molecule has 1 aliphatic heterocycles. The van der Waals surface area contributed by atoms with Crippen molar-refractivity contribution >= 4 is 44.7 Å². The van der Waals surface area contributed by atoms with Gasteiger partial charge in [-0.05, 0) is 24.6 Å². The Bertz CT molecular complexity index is 686. The maximum absolute atomic E-state index is 12.2. The summed E-state index contributed by atoms with van der Waals surface area (Å²) in [7, 11) is 0. The van der Waals surface area contributed by atoms with Crippen LogP contribution in [-0.4, -0.2) is 24.0 Å². The summed E-state index contributed by atoms with van der Waals surface area (Å²) in [5, 5.41) is 6.51. The van der Waals surface area contributed by atoms with Gasteiger partial charge in [0, 0.05) is 18.7 Å². The van der Waals surface area contributed by atoms with E-state index >= 15 is 0 Å². The Morgan fingerprint density at radius 1 is 1.47 bits per heavy atom. The normalized spacial score (nSPS) is 14.3. The number of fused-ring (bicyclic) bond motifs is 1. The van der Waals surface area contributed by atoms with Crippen molar-refractivity contribution < 1.29 is 4.79 Å². The molecule has 4 nitrogen and oxygen atoms in total. The van der Waals surface area contributed by atoms with E-state index in [0.717, 1.165) is 34.5 Å². The standard InChI is InChI=1S/C13H12ClN3OS/c1-7(8-4-15-5-8)13(18)17-11-9(14)2-3-10-12(11)16-6-19-10/h2-3,6,15H,4-5H2,1H3,(H,17,18). The molecule has 1 aromatic carbocycles. The first-order chi connectivity index (χ1) is 9.16. The molecule has 19 heavy (non-hydrogen) atoms. The third-order valence-corrected chi connectivity index (χ3v) is 4.35. The second-order valence-electron chi connectivity index (χ2n) is 4.41. The molecule has 0 saturated carbocycles. The molecule has 0 radical (unpaired) electrons. The summed E-state index contributed by atoms with van der Waals surface area (Å²) in [5.74, 6) is -0.112. The van der Waals surface area contributed by atoms with Crippen molar-refractivity contribution in [2.45, 2.75) is 6.92 Å². The zero-order valence-corrected chi connectivity index (χ0v) is 11.9. The zero-order chi connectivity index (χ0) is 13.4. The molecule has 1 saturated heterocycles. The lowest BCUT2D eigenvalue weighted by atomic mass is 10.0. The molecule has 0 aliphatic carbocycles. The van der Waals surface area contributed by atoms with Gasteiger partial charge in [-0.25, -0.2) is 4.98 Å². The predicted octanol–water partition coefficient (Wildman–Crippen LogP) is 2.81. The van der Waals surface area contributed by atoms with E-state index in [4.69, 9.17) is 11.6 Å². The van der Waals surface area contributed by atoms with Crippen molar-refractivity contribution in [1.29, 1.82) is 0 Å². The molecule has 0 spiro atoms. The first-order valence-electron chi connectivity index (χ1n) is 5.89. The van der Waals surface area contributed by atoms with Crippen LogP contribution in [0.1, 0.15) is 6.92 Å². The number of hydrogen-bond acceptors (Lipinski definition) is 4. The van der Waals surface area contributed by atoms with Gasteiger partial charge in [-0.2, -0.15) is 0 Å². The highest BCUT2D eigenvalue weighted by atomic mass is 35.5. The fourth-order valence-corrected chi connectivity index (χ4v) is 2.79. The molecule has 2 heterocycles. The average molecular weight is 294 g/mol. The Labute approximate surface area is 119 Å². The van der Waals surface area contributed by atoms with Crippen LogP contribution >= 0.6 is 22.9 Å². The molecule has 1 amide bonds. The number of nitrogens with zero attached hydrogens (tertiary/aromatic N) is 1. The lowest BCUT2D eigenvalue weighted by molar-refractivity contribution is -0.112. The minimum atomic E-state index is -0.112. The quantitative estimate of drug-likeness (QED) is 0.837. The van der Waals surface area contributed by atoms with Gasteiger partial charge in [-0.1, -0.05) is 11.6 Å². The van der Waals surface area contributed by atoms with Crippen LogP contribution in [0, 0.1) is 0 Å². The van der Waals surface area contributed by atoms with Gasteiger partial charge in [0.2, 0.25) is 0 Å². The number of carbonyl (C=O) groups excluding carboxylic acids is 1. The number of halogens is 1. The summed E-state index contributed by atoms with van der Waals surface area (Å²) in [6.07, 6.45) is 0. The second-order valence-corrected chi connectivity index (χ2v) is 5.70. The van der Waals surface area contributed by atoms with Gasteiger partial charge in [0.05, 0.1) is 20.9 Å². The van der Waals surface area contributed by atoms with E-state index in [1.54, 1.807) is 11.6 Å². The maximum Gasteiger partial charge on any atom is 0.251 e. The SMILES string of the molecule is CC(C(=O)Nc1c(Cl)ccc2scnc12)=C1CNC1. The van der Waals surface area contributed by atoms with E-state index in [0.29, 0.717) is 10.7 Å². The summed E-state index contributed by atoms with van der Waals surface area (Å²) in [4.78, 5) is 16.4. The van der Waals surface area contributed by atoms with E-state index in [1.807, 2.05) is 13.0 Å². The molecular weight excluding hydrogens is 282 g/mol. The zero-order valence-electron chi connectivity index (χ0n) is 10.3. The van der Waals surface area contributed by atoms with Crippen molar-refractivity contribution in [3.05, 3.63) is 33.8 Å². The van der Waals surface area contributed by atoms with E-state index in [-0.39, 0.29) is 5.91 Å². The van der Waals surface area contributed by atoms with Crippen LogP contribution in [0.15, 0.2) is 28.8 Å². The van der Waals surface area contributed by atoms with Crippen molar-refractivity contribution in [3.8, 4) is 0 Å². The topological polar surface area (TPSA) is 54.0 Å². The van der Waals surface area contributed by atoms with Crippen LogP contribution in [-0.2, 0) is 4.79 Å². The van der Waals surface area contributed by atoms with Crippen LogP contribution in [0.4, 0.5) is 5.69 Å². The molecule has 1 fully saturated rings. The minimum absolute atomic E-state index is 0.112. The summed E-state index contributed by atoms with van der Waals surface area (Å²) >= 11 is 7.68. The van der Waals surface area contributed by atoms with Gasteiger partial charge in [0.1, 0.15) is 5.52 Å². The monoisotopic (exact) mass is 293 g/mol. The lowest BCUT2D eigenvalue weighted by Gasteiger charge is -2.21. The van der Waals surface area contributed by atoms with Gasteiger partial charge in [0.15, 0.2) is 0 Å². The Hall–Kier alpha value is -1.43. The number of nitrogens with one attached hydrogen (secondary N) is 2. The smallest absolute Gasteiger partial charge is 0.251 e. The van der Waals surface area contributed by atoms with Crippen molar-refractivity contribution in [2.24, 2.45) is 0 Å². The van der Waals surface area contributed by atoms with Crippen molar-refractivity contribution in [1.82, 2.24) is 10.3 Å². The van der Waals surface area contributed by atoms with Crippen LogP contribution in [0.25, 0.3) is 10.2 Å². The molecule has 1 aromatic heterocycles. The molecule has 98 valence electrons. The highest BCUT2D eigenvalue weighted by molar-refractivity contribution is 7.16. The molecule has 0 bridgehead atoms. The van der Waals surface area contributed by atoms with E-state index in [2.05, 4.69) is 15.6 Å². The molecule has 0 atom stereocenters. The molecular formula is C13H12ClN3OS. The predicted molar refractivity (Wildman–Crippen MR) is 78.8 cm³/mol. The third kappa shape index (κ3) is 2.25. The summed E-state index contributed by atoms with van der Waals surface area (Å²) in [6, 6.07) is 3.69. The van der Waals surface area contributed by atoms with E-state index < -0.39 is 0 Å². The Kier molecular flexibility index (Phi) is 3.26. The number of amides is 1. The number of aromatic nitrogens is 1. The van der Waals surface area contributed by atoms with Gasteiger partial charge in [0.25, 0.3) is 5.91 Å². The Balaban J connectivity index is 1.95. The molecule has 1 aliphatic rings. The molecule has 0 unspecified atom stereocenters. The van der Waals surface area contributed by atoms with E-state index in [9.17, 15) is 4.79 Å². The van der Waals surface area contributed by atoms with Crippen molar-refractivity contribution in [3.63, 3.8) is 0 Å². The highest BCUT2D eigenvalue weighted by Gasteiger charge is 2.18. The molecule has 3 rings (SSSR count). The molecule has 2 N–H and O–H groups in total. The number of benzene rings is 1. The van der Waals surface area contributed by atoms with Gasteiger partial charge in [-0.15, -0.1) is 11.3 Å². The summed E-state index contributed by atoms with van der Waals surface area (Å²) in [6.45, 7) is 3.41. The van der Waals surface area contributed by atoms with Crippen LogP contribution in [0.2, 0.25) is 5.02 Å². The average Bonchev–Trinajstić information content (AvgIpc) is 2.78. The Morgan fingerprint density at radius 2 is 2.26 bits per heavy atom. The number of carbonyl (C=O) groups is 1. The third-order valence-electron chi connectivity index (χ3n) is 3.24. The first kappa shape index (κ1) is 12.6. The first-order valence-corrected chi connectivity index (χ1v) is 7.15. The fourth-order valence-electron chi connectivity index (χ4n) is 1.91. The lowest BCUT2D eigenvalue weighted by Crippen LogP contribution is -2.36. The van der Waals surface area contributed by atoms with E-state index in [1.165, 1.54) is 11.3 Å². The van der Waals surface area contributed by atoms with Crippen LogP contribution < -0.4 is 10.6 Å². The second kappa shape index (κ2) is 4.92. The molecule has 6 heteroatoms. The van der Waals surface area contributed by atoms with Crippen molar-refractivity contribution in [2.75, 3.05) is 18.4 Å². The number of rotatable bonds is 2. The number of anilines is 1. The largest absolute Gasteiger partial charge is 0.319 e. The summed E-state index contributed by atoms with van der Waals surface area (Å²) in [5.41, 5.74) is 4.98. The van der Waals surface area contributed by atoms with Gasteiger partial charge < -0.3 is 10.6 Å². The van der Waals surface area contributed by atoms with Gasteiger partial charge >= 0.3 is 0 Å². The maximum atomic E-state index is 12.2. The number of hydrogen-bond donors (Lipinski definition) is 2. The highest BCUT2D eigenvalue weighted by Crippen LogP contribution is 2.32. The Morgan fingerprint density at radius 3 is 2.95 bits per heavy atom. The molecule has 2 aromatic rings. The van der Waals surface area contributed by atoms with Crippen LogP contribution in [0.3, 0.4) is 0 Å². The van der Waals surface area contributed by atoms with Gasteiger partial charge in [-0.3, -0.25) is 4.79 Å². The summed E-state index contributed by atoms with van der Waals surface area (Å²) < 4.78 is 1.01. The fraction of sp³-hybridized carbons (Fsp3) is 0.231. The van der Waals surface area contributed by atoms with Crippen LogP contribution in [0.5, 0.6) is 0 Å². The number of thiazole rings is 1.